The van der Waals surface area contributed by atoms with E-state index in [0.717, 1.165) is 0 Å². The number of oxazole rings is 1. The topological polar surface area (TPSA) is 78.3 Å². The summed E-state index contributed by atoms with van der Waals surface area (Å²) in [5, 5.41) is 0. The van der Waals surface area contributed by atoms with Gasteiger partial charge in [0.2, 0.25) is 17.5 Å². The number of hydrogen-bond acceptors (Lipinski definition) is 5. The second-order valence-electron chi connectivity index (χ2n) is 3.23. The summed E-state index contributed by atoms with van der Waals surface area (Å²) in [5.74, 6) is -1.04. The number of methoxy groups -OCH3 is 1. The Bertz CT molecular complexity index is 548. The molecule has 0 aliphatic rings. The molecule has 0 radical (unpaired) electrons. The van der Waals surface area contributed by atoms with Crippen LogP contribution in [0.1, 0.15) is 10.5 Å². The SMILES string of the molecule is COC(=O)c1nc(-c2ccc(F)cc2)oc1N. The summed E-state index contributed by atoms with van der Waals surface area (Å²) in [6, 6.07) is 5.46. The second-order valence-corrected chi connectivity index (χ2v) is 3.23. The minimum atomic E-state index is -0.681. The Morgan fingerprint density at radius 3 is 2.65 bits per heavy atom. The van der Waals surface area contributed by atoms with E-state index in [9.17, 15) is 9.18 Å². The van der Waals surface area contributed by atoms with Crippen LogP contribution in [-0.4, -0.2) is 18.1 Å². The number of carbonyl (C=O) groups excluding carboxylic acids is 1. The summed E-state index contributed by atoms with van der Waals surface area (Å²) in [4.78, 5) is 15.1. The Labute approximate surface area is 96.0 Å². The maximum atomic E-state index is 12.7. The van der Waals surface area contributed by atoms with Crippen LogP contribution >= 0.6 is 0 Å². The molecule has 0 fully saturated rings. The maximum absolute atomic E-state index is 12.7. The molecular weight excluding hydrogens is 227 g/mol. The number of benzene rings is 1. The molecule has 6 heteroatoms. The normalized spacial score (nSPS) is 10.2. The molecule has 0 saturated carbocycles. The summed E-state index contributed by atoms with van der Waals surface area (Å²) < 4.78 is 22.3. The number of anilines is 1. The number of hydrogen-bond donors (Lipinski definition) is 1. The standard InChI is InChI=1S/C11H9FN2O3/c1-16-11(15)8-9(13)17-10(14-8)6-2-4-7(12)5-3-6/h2-5H,13H2,1H3. The van der Waals surface area contributed by atoms with Crippen molar-refractivity contribution in [3.05, 3.63) is 35.8 Å². The number of nitrogens with two attached hydrogens (primary N) is 1. The maximum Gasteiger partial charge on any atom is 0.362 e. The molecule has 0 aliphatic heterocycles. The summed E-state index contributed by atoms with van der Waals surface area (Å²) in [6.45, 7) is 0. The van der Waals surface area contributed by atoms with Crippen molar-refractivity contribution in [1.82, 2.24) is 4.98 Å². The van der Waals surface area contributed by atoms with E-state index in [1.54, 1.807) is 0 Å². The summed E-state index contributed by atoms with van der Waals surface area (Å²) in [6.07, 6.45) is 0. The van der Waals surface area contributed by atoms with E-state index in [1.807, 2.05) is 0 Å². The van der Waals surface area contributed by atoms with E-state index in [-0.39, 0.29) is 23.3 Å². The van der Waals surface area contributed by atoms with E-state index < -0.39 is 5.97 Å². The van der Waals surface area contributed by atoms with Gasteiger partial charge in [-0.2, -0.15) is 4.98 Å². The van der Waals surface area contributed by atoms with Gasteiger partial charge >= 0.3 is 5.97 Å². The van der Waals surface area contributed by atoms with Crippen molar-refractivity contribution in [3.8, 4) is 11.5 Å². The van der Waals surface area contributed by atoms with E-state index >= 15 is 0 Å². The van der Waals surface area contributed by atoms with Gasteiger partial charge in [0.15, 0.2) is 0 Å². The van der Waals surface area contributed by atoms with Gasteiger partial charge in [-0.3, -0.25) is 0 Å². The predicted molar refractivity (Wildman–Crippen MR) is 57.6 cm³/mol. The third kappa shape index (κ3) is 2.10. The molecular formula is C11H9FN2O3. The number of halogens is 1. The zero-order chi connectivity index (χ0) is 12.4. The van der Waals surface area contributed by atoms with E-state index in [2.05, 4.69) is 9.72 Å². The van der Waals surface area contributed by atoms with Gasteiger partial charge in [-0.25, -0.2) is 9.18 Å². The quantitative estimate of drug-likeness (QED) is 0.805. The molecule has 2 aromatic rings. The fourth-order valence-corrected chi connectivity index (χ4v) is 1.29. The molecule has 0 saturated heterocycles. The van der Waals surface area contributed by atoms with Crippen LogP contribution < -0.4 is 5.73 Å². The highest BCUT2D eigenvalue weighted by atomic mass is 19.1. The average molecular weight is 236 g/mol. The Balaban J connectivity index is 2.41. The van der Waals surface area contributed by atoms with E-state index in [1.165, 1.54) is 31.4 Å². The molecule has 0 bridgehead atoms. The van der Waals surface area contributed by atoms with Crippen LogP contribution in [0, 0.1) is 5.82 Å². The number of ether oxygens (including phenoxy) is 1. The van der Waals surface area contributed by atoms with Crippen molar-refractivity contribution in [3.63, 3.8) is 0 Å². The monoisotopic (exact) mass is 236 g/mol. The second kappa shape index (κ2) is 4.25. The molecule has 0 aliphatic carbocycles. The first-order valence-electron chi connectivity index (χ1n) is 4.72. The fourth-order valence-electron chi connectivity index (χ4n) is 1.29. The lowest BCUT2D eigenvalue weighted by Crippen LogP contribution is -2.04. The number of carbonyl (C=O) groups is 1. The van der Waals surface area contributed by atoms with Crippen LogP contribution in [0.4, 0.5) is 10.3 Å². The highest BCUT2D eigenvalue weighted by molar-refractivity contribution is 5.92. The molecule has 0 amide bonds. The van der Waals surface area contributed by atoms with Gasteiger partial charge < -0.3 is 14.9 Å². The van der Waals surface area contributed by atoms with Gasteiger partial charge in [0.1, 0.15) is 5.82 Å². The van der Waals surface area contributed by atoms with Crippen LogP contribution in [-0.2, 0) is 4.74 Å². The average Bonchev–Trinajstić information content (AvgIpc) is 2.71. The van der Waals surface area contributed by atoms with Crippen LogP contribution in [0.2, 0.25) is 0 Å². The van der Waals surface area contributed by atoms with Crippen molar-refractivity contribution < 1.29 is 18.3 Å². The highest BCUT2D eigenvalue weighted by Crippen LogP contribution is 2.24. The molecule has 2 rings (SSSR count). The van der Waals surface area contributed by atoms with E-state index in [0.29, 0.717) is 5.56 Å². The van der Waals surface area contributed by atoms with Gasteiger partial charge in [0, 0.05) is 5.56 Å². The lowest BCUT2D eigenvalue weighted by molar-refractivity contribution is 0.0595. The van der Waals surface area contributed by atoms with Crippen LogP contribution in [0.25, 0.3) is 11.5 Å². The highest BCUT2D eigenvalue weighted by Gasteiger charge is 2.19. The molecule has 0 spiro atoms. The predicted octanol–water partition coefficient (Wildman–Crippen LogP) is 1.85. The van der Waals surface area contributed by atoms with Crippen LogP contribution in [0.3, 0.4) is 0 Å². The van der Waals surface area contributed by atoms with E-state index in [4.69, 9.17) is 10.2 Å². The molecule has 1 heterocycles. The smallest absolute Gasteiger partial charge is 0.362 e. The number of aromatic nitrogens is 1. The summed E-state index contributed by atoms with van der Waals surface area (Å²) in [5.41, 5.74) is 5.91. The Kier molecular flexibility index (Phi) is 2.78. The molecule has 1 aromatic carbocycles. The van der Waals surface area contributed by atoms with Gasteiger partial charge in [-0.05, 0) is 24.3 Å². The van der Waals surface area contributed by atoms with Crippen LogP contribution in [0.5, 0.6) is 0 Å². The first-order valence-corrected chi connectivity index (χ1v) is 4.72. The molecule has 0 atom stereocenters. The Morgan fingerprint density at radius 1 is 1.41 bits per heavy atom. The lowest BCUT2D eigenvalue weighted by atomic mass is 10.2. The third-order valence-electron chi connectivity index (χ3n) is 2.12. The van der Waals surface area contributed by atoms with Crippen LogP contribution in [0.15, 0.2) is 28.7 Å². The summed E-state index contributed by atoms with van der Waals surface area (Å²) in [7, 11) is 1.22. The first-order chi connectivity index (χ1) is 8.11. The van der Waals surface area contributed by atoms with Gasteiger partial charge in [-0.1, -0.05) is 0 Å². The van der Waals surface area contributed by atoms with Gasteiger partial charge in [0.25, 0.3) is 0 Å². The molecule has 17 heavy (non-hydrogen) atoms. The summed E-state index contributed by atoms with van der Waals surface area (Å²) >= 11 is 0. The molecule has 1 aromatic heterocycles. The largest absolute Gasteiger partial charge is 0.464 e. The van der Waals surface area contributed by atoms with Gasteiger partial charge in [0.05, 0.1) is 7.11 Å². The molecule has 88 valence electrons. The Morgan fingerprint density at radius 2 is 2.06 bits per heavy atom. The minimum Gasteiger partial charge on any atom is -0.464 e. The minimum absolute atomic E-state index is 0.0909. The van der Waals surface area contributed by atoms with Crippen molar-refractivity contribution in [1.29, 1.82) is 0 Å². The molecule has 5 nitrogen and oxygen atoms in total. The zero-order valence-electron chi connectivity index (χ0n) is 8.94. The van der Waals surface area contributed by atoms with Crippen molar-refractivity contribution >= 4 is 11.9 Å². The van der Waals surface area contributed by atoms with Crippen molar-refractivity contribution in [2.24, 2.45) is 0 Å². The molecule has 2 N–H and O–H groups in total. The Hall–Kier alpha value is -2.37. The third-order valence-corrected chi connectivity index (χ3v) is 2.12. The number of nitrogen functional groups attached to an aromatic ring is 1. The lowest BCUT2D eigenvalue weighted by Gasteiger charge is -1.93. The number of rotatable bonds is 2. The zero-order valence-corrected chi connectivity index (χ0v) is 8.94. The van der Waals surface area contributed by atoms with Gasteiger partial charge in [-0.15, -0.1) is 0 Å². The fraction of sp³-hybridized carbons (Fsp3) is 0.0909. The molecule has 0 unspecified atom stereocenters. The first kappa shape index (κ1) is 11.1. The number of nitrogens with zero attached hydrogens (tertiary/aromatic N) is 1. The number of esters is 1. The van der Waals surface area contributed by atoms with Crippen molar-refractivity contribution in [2.45, 2.75) is 0 Å². The van der Waals surface area contributed by atoms with Crippen molar-refractivity contribution in [2.75, 3.05) is 12.8 Å².